The fourth-order valence-electron chi connectivity index (χ4n) is 3.64. The minimum Gasteiger partial charge on any atom is -0.427 e. The van der Waals surface area contributed by atoms with Gasteiger partial charge in [0.15, 0.2) is 0 Å². The van der Waals surface area contributed by atoms with Crippen molar-refractivity contribution in [2.75, 3.05) is 10.6 Å². The monoisotopic (exact) mass is 562 g/mol. The van der Waals surface area contributed by atoms with Crippen LogP contribution in [0.2, 0.25) is 0 Å². The van der Waals surface area contributed by atoms with Crippen molar-refractivity contribution < 1.29 is 47.7 Å². The maximum absolute atomic E-state index is 13.0. The maximum atomic E-state index is 13.0. The van der Waals surface area contributed by atoms with E-state index in [2.05, 4.69) is 10.6 Å². The van der Waals surface area contributed by atoms with E-state index >= 15 is 0 Å². The normalized spacial score (nSPS) is 10.2. The molecule has 0 bridgehead atoms. The number of ether oxygens (including phenoxy) is 4. The van der Waals surface area contributed by atoms with Gasteiger partial charge in [0.05, 0.1) is 0 Å². The number of hydrogen-bond donors (Lipinski definition) is 2. The Kier molecular flexibility index (Phi) is 9.54. The average molecular weight is 563 g/mol. The minimum atomic E-state index is -0.631. The summed E-state index contributed by atoms with van der Waals surface area (Å²) in [7, 11) is 0. The van der Waals surface area contributed by atoms with Gasteiger partial charge in [-0.15, -0.1) is 0 Å². The quantitative estimate of drug-likeness (QED) is 0.300. The van der Waals surface area contributed by atoms with Gasteiger partial charge in [-0.1, -0.05) is 0 Å². The lowest BCUT2D eigenvalue weighted by atomic mass is 10.1. The number of anilines is 2. The number of amides is 2. The molecular formula is C29H26N2O10. The van der Waals surface area contributed by atoms with E-state index in [9.17, 15) is 28.8 Å². The molecule has 0 aliphatic rings. The second-order valence-corrected chi connectivity index (χ2v) is 8.76. The van der Waals surface area contributed by atoms with Gasteiger partial charge in [0.25, 0.3) is 11.8 Å². The van der Waals surface area contributed by atoms with Crippen LogP contribution in [-0.2, 0) is 19.2 Å². The van der Waals surface area contributed by atoms with E-state index in [0.29, 0.717) is 16.9 Å². The Morgan fingerprint density at radius 1 is 0.463 bits per heavy atom. The van der Waals surface area contributed by atoms with Crippen molar-refractivity contribution in [3.63, 3.8) is 0 Å². The Bertz CT molecular complexity index is 1380. The number of hydrogen-bond acceptors (Lipinski definition) is 10. The summed E-state index contributed by atoms with van der Waals surface area (Å²) in [5.41, 5.74) is 1.37. The summed E-state index contributed by atoms with van der Waals surface area (Å²) in [6.07, 6.45) is 0. The van der Waals surface area contributed by atoms with Crippen LogP contribution in [0.4, 0.5) is 11.4 Å². The summed E-state index contributed by atoms with van der Waals surface area (Å²) < 4.78 is 20.2. The van der Waals surface area contributed by atoms with E-state index in [1.165, 1.54) is 70.2 Å². The Labute approximate surface area is 234 Å². The van der Waals surface area contributed by atoms with Crippen molar-refractivity contribution in [3.8, 4) is 23.0 Å². The first-order chi connectivity index (χ1) is 19.3. The number of esters is 4. The topological polar surface area (TPSA) is 163 Å². The zero-order chi connectivity index (χ0) is 30.3. The lowest BCUT2D eigenvalue weighted by Gasteiger charge is -2.13. The average Bonchev–Trinajstić information content (AvgIpc) is 2.81. The summed E-state index contributed by atoms with van der Waals surface area (Å²) >= 11 is 0. The number of rotatable bonds is 8. The SMILES string of the molecule is CC(=O)Oc1cc(OC(C)=O)cc(C(=O)Nc2cc(C)cc(NC(=O)c3cc(OC(C)=O)cc(OC(C)=O)c3)c2)c1. The zero-order valence-electron chi connectivity index (χ0n) is 22.8. The molecule has 2 N–H and O–H groups in total. The van der Waals surface area contributed by atoms with E-state index < -0.39 is 35.7 Å². The number of carbonyl (C=O) groups excluding carboxylic acids is 6. The van der Waals surface area contributed by atoms with Crippen LogP contribution in [0.1, 0.15) is 54.0 Å². The molecule has 3 rings (SSSR count). The first kappa shape index (κ1) is 30.0. The van der Waals surface area contributed by atoms with E-state index in [0.717, 1.165) is 0 Å². The van der Waals surface area contributed by atoms with Gasteiger partial charge in [0, 0.05) is 62.3 Å². The third kappa shape index (κ3) is 9.32. The van der Waals surface area contributed by atoms with Crippen molar-refractivity contribution >= 4 is 47.1 Å². The molecule has 12 nitrogen and oxygen atoms in total. The molecule has 0 aliphatic heterocycles. The Hall–Kier alpha value is -5.52. The standard InChI is InChI=1S/C29H26N2O10/c1-15-6-22(30-28(36)20-8-24(38-16(2)32)13-25(9-20)39-17(3)33)12-23(7-15)31-29(37)21-10-26(40-18(4)34)14-27(11-21)41-19(5)35/h6-14H,1-5H3,(H,30,36)(H,31,37). The van der Waals surface area contributed by atoms with Gasteiger partial charge in [-0.05, 0) is 55.0 Å². The molecule has 0 atom stereocenters. The number of nitrogens with one attached hydrogen (secondary N) is 2. The predicted molar refractivity (Wildman–Crippen MR) is 145 cm³/mol. The van der Waals surface area contributed by atoms with Crippen molar-refractivity contribution in [3.05, 3.63) is 71.3 Å². The van der Waals surface area contributed by atoms with Gasteiger partial charge in [0.1, 0.15) is 23.0 Å². The van der Waals surface area contributed by atoms with Crippen LogP contribution in [-0.4, -0.2) is 35.7 Å². The van der Waals surface area contributed by atoms with Crippen LogP contribution in [0.5, 0.6) is 23.0 Å². The number of benzene rings is 3. The Balaban J connectivity index is 1.86. The highest BCUT2D eigenvalue weighted by Gasteiger charge is 2.16. The second-order valence-electron chi connectivity index (χ2n) is 8.76. The van der Waals surface area contributed by atoms with Crippen molar-refractivity contribution in [2.45, 2.75) is 34.6 Å². The van der Waals surface area contributed by atoms with E-state index in [-0.39, 0.29) is 34.1 Å². The Morgan fingerprint density at radius 2 is 0.756 bits per heavy atom. The van der Waals surface area contributed by atoms with Crippen LogP contribution in [0.3, 0.4) is 0 Å². The molecule has 2 amide bonds. The summed E-state index contributed by atoms with van der Waals surface area (Å²) in [6, 6.07) is 12.6. The molecule has 3 aromatic carbocycles. The molecule has 0 heterocycles. The van der Waals surface area contributed by atoms with Gasteiger partial charge in [0.2, 0.25) is 0 Å². The molecule has 41 heavy (non-hydrogen) atoms. The number of carbonyl (C=O) groups is 6. The predicted octanol–water partition coefficient (Wildman–Crippen LogP) is 4.20. The highest BCUT2D eigenvalue weighted by Crippen LogP contribution is 2.27. The first-order valence-electron chi connectivity index (χ1n) is 12.1. The van der Waals surface area contributed by atoms with Crippen LogP contribution >= 0.6 is 0 Å². The van der Waals surface area contributed by atoms with Crippen LogP contribution in [0, 0.1) is 6.92 Å². The summed E-state index contributed by atoms with van der Waals surface area (Å²) in [4.78, 5) is 71.7. The number of aryl methyl sites for hydroxylation is 1. The van der Waals surface area contributed by atoms with E-state index in [4.69, 9.17) is 18.9 Å². The molecule has 3 aromatic rings. The lowest BCUT2D eigenvalue weighted by Crippen LogP contribution is -2.15. The Morgan fingerprint density at radius 3 is 1.02 bits per heavy atom. The maximum Gasteiger partial charge on any atom is 0.308 e. The summed E-state index contributed by atoms with van der Waals surface area (Å²) in [6.45, 7) is 6.48. The highest BCUT2D eigenvalue weighted by molar-refractivity contribution is 6.07. The third-order valence-electron chi connectivity index (χ3n) is 4.92. The molecule has 0 unspecified atom stereocenters. The molecule has 12 heteroatoms. The molecule has 0 radical (unpaired) electrons. The van der Waals surface area contributed by atoms with Gasteiger partial charge in [-0.3, -0.25) is 28.8 Å². The molecular weight excluding hydrogens is 536 g/mol. The van der Waals surface area contributed by atoms with Gasteiger partial charge >= 0.3 is 23.9 Å². The van der Waals surface area contributed by atoms with Crippen LogP contribution in [0.25, 0.3) is 0 Å². The zero-order valence-corrected chi connectivity index (χ0v) is 22.8. The smallest absolute Gasteiger partial charge is 0.308 e. The molecule has 0 spiro atoms. The van der Waals surface area contributed by atoms with Crippen molar-refractivity contribution in [1.82, 2.24) is 0 Å². The molecule has 0 aliphatic carbocycles. The highest BCUT2D eigenvalue weighted by atomic mass is 16.6. The van der Waals surface area contributed by atoms with Crippen molar-refractivity contribution in [1.29, 1.82) is 0 Å². The fraction of sp³-hybridized carbons (Fsp3) is 0.172. The minimum absolute atomic E-state index is 0.00250. The molecule has 0 aromatic heterocycles. The van der Waals surface area contributed by atoms with Gasteiger partial charge in [-0.25, -0.2) is 0 Å². The van der Waals surface area contributed by atoms with Gasteiger partial charge in [-0.2, -0.15) is 0 Å². The van der Waals surface area contributed by atoms with E-state index in [1.807, 2.05) is 0 Å². The second kappa shape index (κ2) is 13.0. The van der Waals surface area contributed by atoms with Crippen LogP contribution in [0.15, 0.2) is 54.6 Å². The first-order valence-corrected chi connectivity index (χ1v) is 12.1. The summed E-state index contributed by atoms with van der Waals surface area (Å²) in [5, 5.41) is 5.38. The van der Waals surface area contributed by atoms with Crippen LogP contribution < -0.4 is 29.6 Å². The lowest BCUT2D eigenvalue weighted by molar-refractivity contribution is -0.133. The largest absolute Gasteiger partial charge is 0.427 e. The van der Waals surface area contributed by atoms with Gasteiger partial charge < -0.3 is 29.6 Å². The molecule has 0 saturated heterocycles. The summed E-state index contributed by atoms with van der Waals surface area (Å²) in [5.74, 6) is -3.74. The fourth-order valence-corrected chi connectivity index (χ4v) is 3.64. The van der Waals surface area contributed by atoms with Crippen molar-refractivity contribution in [2.24, 2.45) is 0 Å². The molecule has 212 valence electrons. The van der Waals surface area contributed by atoms with E-state index in [1.54, 1.807) is 19.1 Å². The molecule has 0 fully saturated rings. The molecule has 0 saturated carbocycles. The third-order valence-corrected chi connectivity index (χ3v) is 4.92.